The van der Waals surface area contributed by atoms with Crippen molar-refractivity contribution in [3.63, 3.8) is 0 Å². The van der Waals surface area contributed by atoms with Crippen LogP contribution in [0.25, 0.3) is 0 Å². The molecule has 0 amide bonds. The molecule has 0 aliphatic carbocycles. The lowest BCUT2D eigenvalue weighted by molar-refractivity contribution is -0.146. The maximum absolute atomic E-state index is 11.2. The maximum Gasteiger partial charge on any atom is 0.309 e. The van der Waals surface area contributed by atoms with E-state index in [1.807, 2.05) is 0 Å². The topological polar surface area (TPSA) is 76.0 Å². The summed E-state index contributed by atoms with van der Waals surface area (Å²) >= 11 is 3.21. The molecule has 19 heavy (non-hydrogen) atoms. The predicted molar refractivity (Wildman–Crippen MR) is 74.0 cm³/mol. The molecule has 0 bridgehead atoms. The van der Waals surface area contributed by atoms with Gasteiger partial charge in [-0.05, 0) is 36.2 Å². The van der Waals surface area contributed by atoms with Gasteiger partial charge in [-0.3, -0.25) is 4.79 Å². The molecular formula is C13H17BrO5. The third kappa shape index (κ3) is 3.12. The summed E-state index contributed by atoms with van der Waals surface area (Å²) in [6.45, 7) is 3.17. The van der Waals surface area contributed by atoms with Crippen LogP contribution in [-0.4, -0.2) is 30.4 Å². The molecule has 0 fully saturated rings. The van der Waals surface area contributed by atoms with E-state index >= 15 is 0 Å². The highest BCUT2D eigenvalue weighted by Gasteiger charge is 2.31. The lowest BCUT2D eigenvalue weighted by Gasteiger charge is -2.22. The molecule has 106 valence electrons. The second-order valence-corrected chi connectivity index (χ2v) is 5.64. The number of aliphatic carboxylic acids is 1. The zero-order valence-electron chi connectivity index (χ0n) is 11.3. The Kier molecular flexibility index (Phi) is 4.68. The van der Waals surface area contributed by atoms with Crippen LogP contribution in [0.4, 0.5) is 0 Å². The number of hydrogen-bond donors (Lipinski definition) is 2. The van der Waals surface area contributed by atoms with Gasteiger partial charge in [-0.25, -0.2) is 0 Å². The fourth-order valence-electron chi connectivity index (χ4n) is 1.71. The van der Waals surface area contributed by atoms with Crippen LogP contribution in [0.1, 0.15) is 19.4 Å². The number of ether oxygens (including phenoxy) is 2. The van der Waals surface area contributed by atoms with Crippen molar-refractivity contribution in [3.8, 4) is 17.2 Å². The summed E-state index contributed by atoms with van der Waals surface area (Å²) in [5.74, 6) is -0.208. The van der Waals surface area contributed by atoms with Crippen molar-refractivity contribution in [2.75, 3.05) is 14.2 Å². The van der Waals surface area contributed by atoms with Crippen molar-refractivity contribution in [3.05, 3.63) is 16.1 Å². The molecule has 1 rings (SSSR count). The molecule has 0 spiro atoms. The van der Waals surface area contributed by atoms with Crippen LogP contribution >= 0.6 is 15.9 Å². The monoisotopic (exact) mass is 332 g/mol. The van der Waals surface area contributed by atoms with Gasteiger partial charge in [0.1, 0.15) is 5.75 Å². The quantitative estimate of drug-likeness (QED) is 0.867. The third-order valence-electron chi connectivity index (χ3n) is 2.89. The molecule has 0 radical (unpaired) electrons. The number of phenolic OH excluding ortho intramolecular Hbond substituents is 1. The summed E-state index contributed by atoms with van der Waals surface area (Å²) in [7, 11) is 2.93. The number of hydrogen-bond acceptors (Lipinski definition) is 4. The van der Waals surface area contributed by atoms with Crippen LogP contribution in [0.2, 0.25) is 0 Å². The summed E-state index contributed by atoms with van der Waals surface area (Å²) < 4.78 is 10.8. The van der Waals surface area contributed by atoms with E-state index in [9.17, 15) is 15.0 Å². The molecule has 0 aromatic heterocycles. The SMILES string of the molecule is COc1cc(Br)c(O)c(CC(C)(C)C(=O)O)c1OC. The fourth-order valence-corrected chi connectivity index (χ4v) is 2.15. The van der Waals surface area contributed by atoms with E-state index in [-0.39, 0.29) is 12.2 Å². The van der Waals surface area contributed by atoms with Crippen molar-refractivity contribution in [2.45, 2.75) is 20.3 Å². The average Bonchev–Trinajstić information content (AvgIpc) is 2.34. The number of carboxylic acids is 1. The van der Waals surface area contributed by atoms with Gasteiger partial charge in [-0.2, -0.15) is 0 Å². The van der Waals surface area contributed by atoms with Crippen LogP contribution in [-0.2, 0) is 11.2 Å². The van der Waals surface area contributed by atoms with Crippen molar-refractivity contribution in [2.24, 2.45) is 5.41 Å². The van der Waals surface area contributed by atoms with Crippen LogP contribution in [0.15, 0.2) is 10.5 Å². The molecule has 0 aliphatic rings. The fraction of sp³-hybridized carbons (Fsp3) is 0.462. The van der Waals surface area contributed by atoms with Gasteiger partial charge in [-0.1, -0.05) is 0 Å². The standard InChI is InChI=1S/C13H17BrO5/c1-13(2,12(16)17)6-7-10(15)8(14)5-9(18-3)11(7)19-4/h5,15H,6H2,1-4H3,(H,16,17). The first-order chi connectivity index (χ1) is 8.74. The van der Waals surface area contributed by atoms with E-state index in [0.717, 1.165) is 0 Å². The second-order valence-electron chi connectivity index (χ2n) is 4.79. The Hall–Kier alpha value is -1.43. The minimum atomic E-state index is -1.03. The predicted octanol–water partition coefficient (Wildman–Crippen LogP) is 2.83. The van der Waals surface area contributed by atoms with Gasteiger partial charge < -0.3 is 19.7 Å². The minimum Gasteiger partial charge on any atom is -0.506 e. The molecule has 0 atom stereocenters. The number of halogens is 1. The summed E-state index contributed by atoms with van der Waals surface area (Å²) in [4.78, 5) is 11.2. The number of carbonyl (C=O) groups is 1. The highest BCUT2D eigenvalue weighted by Crippen LogP contribution is 2.44. The Balaban J connectivity index is 3.40. The van der Waals surface area contributed by atoms with E-state index < -0.39 is 11.4 Å². The van der Waals surface area contributed by atoms with Gasteiger partial charge in [0.25, 0.3) is 0 Å². The lowest BCUT2D eigenvalue weighted by Crippen LogP contribution is -2.26. The Morgan fingerprint density at radius 2 is 1.95 bits per heavy atom. The van der Waals surface area contributed by atoms with Gasteiger partial charge in [0, 0.05) is 11.6 Å². The van der Waals surface area contributed by atoms with Gasteiger partial charge in [-0.15, -0.1) is 0 Å². The van der Waals surface area contributed by atoms with E-state index in [1.54, 1.807) is 19.9 Å². The summed E-state index contributed by atoms with van der Waals surface area (Å²) in [6.07, 6.45) is 0.118. The summed E-state index contributed by atoms with van der Waals surface area (Å²) in [6, 6.07) is 1.57. The lowest BCUT2D eigenvalue weighted by atomic mass is 9.85. The molecule has 1 aromatic carbocycles. The zero-order chi connectivity index (χ0) is 14.8. The number of phenols is 1. The minimum absolute atomic E-state index is 0.0352. The van der Waals surface area contributed by atoms with Crippen molar-refractivity contribution >= 4 is 21.9 Å². The van der Waals surface area contributed by atoms with Crippen molar-refractivity contribution in [1.82, 2.24) is 0 Å². The van der Waals surface area contributed by atoms with Gasteiger partial charge in [0.15, 0.2) is 11.5 Å². The summed E-state index contributed by atoms with van der Waals surface area (Å²) in [5, 5.41) is 19.3. The van der Waals surface area contributed by atoms with E-state index in [4.69, 9.17) is 9.47 Å². The first kappa shape index (κ1) is 15.6. The van der Waals surface area contributed by atoms with Crippen molar-refractivity contribution in [1.29, 1.82) is 0 Å². The number of aromatic hydroxyl groups is 1. The molecule has 0 aliphatic heterocycles. The maximum atomic E-state index is 11.2. The molecule has 6 heteroatoms. The van der Waals surface area contributed by atoms with Crippen LogP contribution < -0.4 is 9.47 Å². The molecule has 0 heterocycles. The molecular weight excluding hydrogens is 316 g/mol. The largest absolute Gasteiger partial charge is 0.506 e. The van der Waals surface area contributed by atoms with Crippen molar-refractivity contribution < 1.29 is 24.5 Å². The molecule has 0 saturated heterocycles. The molecule has 0 unspecified atom stereocenters. The number of methoxy groups -OCH3 is 2. The van der Waals surface area contributed by atoms with Crippen LogP contribution in [0.5, 0.6) is 17.2 Å². The van der Waals surface area contributed by atoms with Gasteiger partial charge in [0.2, 0.25) is 0 Å². The van der Waals surface area contributed by atoms with Gasteiger partial charge >= 0.3 is 5.97 Å². The second kappa shape index (κ2) is 5.69. The number of benzene rings is 1. The Morgan fingerprint density at radius 1 is 1.37 bits per heavy atom. The zero-order valence-corrected chi connectivity index (χ0v) is 12.9. The normalized spacial score (nSPS) is 11.2. The van der Waals surface area contributed by atoms with E-state index in [2.05, 4.69) is 15.9 Å². The van der Waals surface area contributed by atoms with E-state index in [1.165, 1.54) is 14.2 Å². The molecule has 0 saturated carbocycles. The number of rotatable bonds is 5. The average molecular weight is 333 g/mol. The Morgan fingerprint density at radius 3 is 2.37 bits per heavy atom. The third-order valence-corrected chi connectivity index (χ3v) is 3.49. The molecule has 2 N–H and O–H groups in total. The Labute approximate surface area is 120 Å². The smallest absolute Gasteiger partial charge is 0.309 e. The first-order valence-corrected chi connectivity index (χ1v) is 6.39. The summed E-state index contributed by atoms with van der Waals surface area (Å²) in [5.41, 5.74) is -0.627. The molecule has 5 nitrogen and oxygen atoms in total. The van der Waals surface area contributed by atoms with Gasteiger partial charge in [0.05, 0.1) is 24.1 Å². The molecule has 1 aromatic rings. The Bertz CT molecular complexity index is 496. The van der Waals surface area contributed by atoms with Crippen LogP contribution in [0, 0.1) is 5.41 Å². The highest BCUT2D eigenvalue weighted by molar-refractivity contribution is 9.10. The van der Waals surface area contributed by atoms with Crippen LogP contribution in [0.3, 0.4) is 0 Å². The van der Waals surface area contributed by atoms with E-state index in [0.29, 0.717) is 21.5 Å². The number of carboxylic acid groups (broad SMARTS) is 1. The first-order valence-electron chi connectivity index (χ1n) is 5.60. The highest BCUT2D eigenvalue weighted by atomic mass is 79.9.